The third-order valence-corrected chi connectivity index (χ3v) is 7.42. The Labute approximate surface area is 187 Å². The van der Waals surface area contributed by atoms with E-state index in [4.69, 9.17) is 4.74 Å². The molecule has 0 atom stereocenters. The van der Waals surface area contributed by atoms with Crippen LogP contribution >= 0.6 is 0 Å². The number of carbonyl (C=O) groups is 2. The number of piperidine rings is 1. The summed E-state index contributed by atoms with van der Waals surface area (Å²) in [5.74, 6) is -1.60. The number of carbonyl (C=O) groups excluding carboxylic acids is 2. The van der Waals surface area contributed by atoms with Gasteiger partial charge in [-0.05, 0) is 62.1 Å². The summed E-state index contributed by atoms with van der Waals surface area (Å²) in [5.41, 5.74) is 2.07. The first-order valence-electron chi connectivity index (χ1n) is 10.5. The number of rotatable bonds is 7. The minimum atomic E-state index is -3.56. The lowest BCUT2D eigenvalue weighted by molar-refractivity contribution is -0.120. The van der Waals surface area contributed by atoms with Gasteiger partial charge in [0, 0.05) is 24.7 Å². The zero-order chi connectivity index (χ0) is 23.3. The molecule has 7 nitrogen and oxygen atoms in total. The van der Waals surface area contributed by atoms with Gasteiger partial charge in [0.25, 0.3) is 0 Å². The number of nitrogens with one attached hydrogen (secondary N) is 1. The van der Waals surface area contributed by atoms with E-state index in [-0.39, 0.29) is 37.3 Å². The highest BCUT2D eigenvalue weighted by Crippen LogP contribution is 2.25. The van der Waals surface area contributed by atoms with Crippen LogP contribution < -0.4 is 5.32 Å². The highest BCUT2D eigenvalue weighted by atomic mass is 32.2. The molecule has 3 rings (SSSR count). The number of anilines is 1. The number of ether oxygens (including phenoxy) is 1. The lowest BCUT2D eigenvalue weighted by atomic mass is 9.96. The monoisotopic (exact) mass is 462 g/mol. The van der Waals surface area contributed by atoms with Crippen LogP contribution in [0.1, 0.15) is 41.3 Å². The van der Waals surface area contributed by atoms with Gasteiger partial charge in [-0.15, -0.1) is 0 Å². The van der Waals surface area contributed by atoms with E-state index in [1.54, 1.807) is 32.0 Å². The number of hydrogen-bond donors (Lipinski definition) is 1. The van der Waals surface area contributed by atoms with E-state index in [2.05, 4.69) is 5.32 Å². The summed E-state index contributed by atoms with van der Waals surface area (Å²) in [7, 11) is -3.56. The largest absolute Gasteiger partial charge is 0.462 e. The number of benzene rings is 2. The quantitative estimate of drug-likeness (QED) is 0.636. The average molecular weight is 463 g/mol. The molecule has 2 aromatic carbocycles. The summed E-state index contributed by atoms with van der Waals surface area (Å²) in [5, 5.41) is 2.87. The van der Waals surface area contributed by atoms with E-state index < -0.39 is 21.8 Å². The molecule has 1 N–H and O–H groups in total. The first-order chi connectivity index (χ1) is 15.2. The maximum Gasteiger partial charge on any atom is 0.338 e. The molecule has 0 aromatic heterocycles. The smallest absolute Gasteiger partial charge is 0.338 e. The lowest BCUT2D eigenvalue weighted by Crippen LogP contribution is -2.41. The molecule has 1 heterocycles. The maximum absolute atomic E-state index is 13.0. The SMILES string of the molecule is CCOC(=O)c1cccc(NC(=O)C2CCN(S(=O)(=O)Cc3ccc(F)cc3)CC2)c1C. The average Bonchev–Trinajstić information content (AvgIpc) is 2.77. The zero-order valence-electron chi connectivity index (χ0n) is 18.1. The van der Waals surface area contributed by atoms with Crippen LogP contribution in [0.25, 0.3) is 0 Å². The first-order valence-corrected chi connectivity index (χ1v) is 12.1. The van der Waals surface area contributed by atoms with Crippen molar-refractivity contribution in [3.05, 3.63) is 65.0 Å². The van der Waals surface area contributed by atoms with E-state index in [0.717, 1.165) is 0 Å². The molecule has 0 saturated carbocycles. The number of amides is 1. The summed E-state index contributed by atoms with van der Waals surface area (Å²) in [6, 6.07) is 10.4. The second kappa shape index (κ2) is 10.2. The van der Waals surface area contributed by atoms with Crippen molar-refractivity contribution in [2.45, 2.75) is 32.4 Å². The van der Waals surface area contributed by atoms with E-state index in [1.807, 2.05) is 0 Å². The lowest BCUT2D eigenvalue weighted by Gasteiger charge is -2.30. The van der Waals surface area contributed by atoms with Gasteiger partial charge >= 0.3 is 5.97 Å². The molecule has 0 unspecified atom stereocenters. The Morgan fingerprint density at radius 2 is 1.78 bits per heavy atom. The molecule has 1 aliphatic heterocycles. The Morgan fingerprint density at radius 3 is 2.41 bits per heavy atom. The van der Waals surface area contributed by atoms with Crippen LogP contribution in [-0.2, 0) is 25.3 Å². The second-order valence-corrected chi connectivity index (χ2v) is 9.71. The van der Waals surface area contributed by atoms with E-state index in [9.17, 15) is 22.4 Å². The normalized spacial score (nSPS) is 15.3. The number of hydrogen-bond acceptors (Lipinski definition) is 5. The van der Waals surface area contributed by atoms with Crippen LogP contribution in [0.2, 0.25) is 0 Å². The van der Waals surface area contributed by atoms with Crippen molar-refractivity contribution in [3.8, 4) is 0 Å². The fourth-order valence-electron chi connectivity index (χ4n) is 3.71. The van der Waals surface area contributed by atoms with Gasteiger partial charge in [0.15, 0.2) is 0 Å². The molecule has 32 heavy (non-hydrogen) atoms. The molecule has 0 radical (unpaired) electrons. The number of halogens is 1. The Bertz CT molecular complexity index is 1080. The molecule has 9 heteroatoms. The van der Waals surface area contributed by atoms with Crippen LogP contribution in [-0.4, -0.2) is 44.3 Å². The Morgan fingerprint density at radius 1 is 1.12 bits per heavy atom. The van der Waals surface area contributed by atoms with E-state index in [0.29, 0.717) is 35.2 Å². The van der Waals surface area contributed by atoms with Crippen molar-refractivity contribution < 1.29 is 27.1 Å². The summed E-state index contributed by atoms with van der Waals surface area (Å²) >= 11 is 0. The molecule has 1 amide bonds. The van der Waals surface area contributed by atoms with Crippen LogP contribution in [0.5, 0.6) is 0 Å². The van der Waals surface area contributed by atoms with Gasteiger partial charge in [-0.2, -0.15) is 0 Å². The van der Waals surface area contributed by atoms with Gasteiger partial charge in [0.1, 0.15) is 5.82 Å². The third kappa shape index (κ3) is 5.72. The minimum Gasteiger partial charge on any atom is -0.462 e. The fourth-order valence-corrected chi connectivity index (χ4v) is 5.28. The van der Waals surface area contributed by atoms with Crippen LogP contribution in [0.4, 0.5) is 10.1 Å². The molecule has 172 valence electrons. The highest BCUT2D eigenvalue weighted by molar-refractivity contribution is 7.88. The van der Waals surface area contributed by atoms with Gasteiger partial charge in [-0.25, -0.2) is 21.9 Å². The Balaban J connectivity index is 1.59. The summed E-state index contributed by atoms with van der Waals surface area (Å²) in [6.45, 7) is 4.21. The van der Waals surface area contributed by atoms with Gasteiger partial charge in [0.05, 0.1) is 17.9 Å². The van der Waals surface area contributed by atoms with Crippen molar-refractivity contribution in [2.24, 2.45) is 5.92 Å². The van der Waals surface area contributed by atoms with Crippen molar-refractivity contribution in [3.63, 3.8) is 0 Å². The molecular weight excluding hydrogens is 435 g/mol. The molecule has 0 aliphatic carbocycles. The Kier molecular flexibility index (Phi) is 7.63. The Hall–Kier alpha value is -2.78. The molecule has 1 fully saturated rings. The number of esters is 1. The van der Waals surface area contributed by atoms with Gasteiger partial charge in [0.2, 0.25) is 15.9 Å². The van der Waals surface area contributed by atoms with Crippen molar-refractivity contribution >= 4 is 27.6 Å². The van der Waals surface area contributed by atoms with Crippen LogP contribution in [0.3, 0.4) is 0 Å². The molecule has 1 aliphatic rings. The number of nitrogens with zero attached hydrogens (tertiary/aromatic N) is 1. The number of sulfonamides is 1. The van der Waals surface area contributed by atoms with Gasteiger partial charge in [-0.1, -0.05) is 18.2 Å². The van der Waals surface area contributed by atoms with Crippen LogP contribution in [0, 0.1) is 18.7 Å². The van der Waals surface area contributed by atoms with Crippen LogP contribution in [0.15, 0.2) is 42.5 Å². The fraction of sp³-hybridized carbons (Fsp3) is 0.391. The zero-order valence-corrected chi connectivity index (χ0v) is 19.0. The van der Waals surface area contributed by atoms with Crippen molar-refractivity contribution in [2.75, 3.05) is 25.0 Å². The standard InChI is InChI=1S/C23H27FN2O5S/c1-3-31-23(28)20-5-4-6-21(16(20)2)25-22(27)18-11-13-26(14-12-18)32(29,30)15-17-7-9-19(24)10-8-17/h4-10,18H,3,11-15H2,1-2H3,(H,25,27). The van der Waals surface area contributed by atoms with Gasteiger partial charge in [-0.3, -0.25) is 4.79 Å². The molecule has 2 aromatic rings. The third-order valence-electron chi connectivity index (χ3n) is 5.57. The first kappa shape index (κ1) is 23.9. The summed E-state index contributed by atoms with van der Waals surface area (Å²) in [6.07, 6.45) is 0.788. The molecular formula is C23H27FN2O5S. The van der Waals surface area contributed by atoms with E-state index >= 15 is 0 Å². The molecule has 0 bridgehead atoms. The summed E-state index contributed by atoms with van der Waals surface area (Å²) < 4.78 is 44.9. The van der Waals surface area contributed by atoms with Crippen molar-refractivity contribution in [1.82, 2.24) is 4.31 Å². The molecule has 1 saturated heterocycles. The van der Waals surface area contributed by atoms with Gasteiger partial charge < -0.3 is 10.1 Å². The minimum absolute atomic E-state index is 0.204. The van der Waals surface area contributed by atoms with Crippen molar-refractivity contribution in [1.29, 1.82) is 0 Å². The summed E-state index contributed by atoms with van der Waals surface area (Å²) in [4.78, 5) is 24.8. The molecule has 0 spiro atoms. The van der Waals surface area contributed by atoms with E-state index in [1.165, 1.54) is 28.6 Å². The highest BCUT2D eigenvalue weighted by Gasteiger charge is 2.31. The second-order valence-electron chi connectivity index (χ2n) is 7.74. The maximum atomic E-state index is 13.0. The topological polar surface area (TPSA) is 92.8 Å². The predicted octanol–water partition coefficient (Wildman–Crippen LogP) is 3.49. The predicted molar refractivity (Wildman–Crippen MR) is 119 cm³/mol.